The van der Waals surface area contributed by atoms with E-state index in [1.807, 2.05) is 19.9 Å². The van der Waals surface area contributed by atoms with Gasteiger partial charge in [0.1, 0.15) is 0 Å². The van der Waals surface area contributed by atoms with Crippen molar-refractivity contribution in [2.24, 2.45) is 0 Å². The minimum absolute atomic E-state index is 0.229. The maximum atomic E-state index is 9.79. The van der Waals surface area contributed by atoms with Gasteiger partial charge in [-0.05, 0) is 18.1 Å². The number of halogens is 1. The summed E-state index contributed by atoms with van der Waals surface area (Å²) in [5.41, 5.74) is 0.888. The highest BCUT2D eigenvalue weighted by Crippen LogP contribution is 2.39. The Morgan fingerprint density at radius 2 is 2.00 bits per heavy atom. The molecule has 0 bridgehead atoms. The maximum Gasteiger partial charge on any atom is 0.162 e. The molecule has 0 aromatic heterocycles. The van der Waals surface area contributed by atoms with Crippen LogP contribution >= 0.6 is 15.9 Å². The predicted molar refractivity (Wildman–Crippen MR) is 56.4 cm³/mol. The third-order valence-electron chi connectivity index (χ3n) is 1.92. The zero-order valence-corrected chi connectivity index (χ0v) is 9.55. The van der Waals surface area contributed by atoms with Crippen molar-refractivity contribution in [3.8, 4) is 11.5 Å². The second kappa shape index (κ2) is 4.01. The molecule has 0 atom stereocenters. The van der Waals surface area contributed by atoms with Gasteiger partial charge >= 0.3 is 0 Å². The van der Waals surface area contributed by atoms with E-state index in [4.69, 9.17) is 4.74 Å². The van der Waals surface area contributed by atoms with Gasteiger partial charge in [-0.25, -0.2) is 0 Å². The van der Waals surface area contributed by atoms with Gasteiger partial charge in [-0.15, -0.1) is 0 Å². The lowest BCUT2D eigenvalue weighted by Crippen LogP contribution is -1.93. The number of methoxy groups -OCH3 is 1. The summed E-state index contributed by atoms with van der Waals surface area (Å²) < 4.78 is 5.94. The molecule has 13 heavy (non-hydrogen) atoms. The van der Waals surface area contributed by atoms with Gasteiger partial charge in [-0.3, -0.25) is 0 Å². The molecule has 0 radical (unpaired) electrons. The van der Waals surface area contributed by atoms with Gasteiger partial charge in [-0.1, -0.05) is 29.8 Å². The highest BCUT2D eigenvalue weighted by atomic mass is 79.9. The fourth-order valence-corrected chi connectivity index (χ4v) is 2.06. The Bertz CT molecular complexity index is 308. The SMILES string of the molecule is COc1ccc(Br)c(C(C)C)c1O. The molecule has 1 aromatic rings. The Morgan fingerprint density at radius 1 is 1.38 bits per heavy atom. The topological polar surface area (TPSA) is 29.5 Å². The Kier molecular flexibility index (Phi) is 3.20. The number of phenols is 1. The standard InChI is InChI=1S/C10H13BrO2/c1-6(2)9-7(11)4-5-8(13-3)10(9)12/h4-6,12H,1-3H3. The van der Waals surface area contributed by atoms with E-state index in [9.17, 15) is 5.11 Å². The minimum atomic E-state index is 0.229. The number of hydrogen-bond acceptors (Lipinski definition) is 2. The Hall–Kier alpha value is -0.700. The van der Waals surface area contributed by atoms with Crippen LogP contribution in [0.15, 0.2) is 16.6 Å². The molecule has 0 aliphatic rings. The molecule has 0 amide bonds. The predicted octanol–water partition coefficient (Wildman–Crippen LogP) is 3.29. The maximum absolute atomic E-state index is 9.79. The van der Waals surface area contributed by atoms with Crippen molar-refractivity contribution in [1.29, 1.82) is 0 Å². The van der Waals surface area contributed by atoms with Gasteiger partial charge in [0, 0.05) is 10.0 Å². The van der Waals surface area contributed by atoms with E-state index in [-0.39, 0.29) is 11.7 Å². The molecule has 72 valence electrons. The molecule has 0 saturated carbocycles. The second-order valence-corrected chi connectivity index (χ2v) is 4.02. The normalized spacial score (nSPS) is 10.5. The molecule has 0 saturated heterocycles. The average Bonchev–Trinajstić information content (AvgIpc) is 2.04. The summed E-state index contributed by atoms with van der Waals surface area (Å²) in [6.07, 6.45) is 0. The highest BCUT2D eigenvalue weighted by Gasteiger charge is 2.14. The van der Waals surface area contributed by atoms with Crippen LogP contribution in [-0.4, -0.2) is 12.2 Å². The number of ether oxygens (including phenoxy) is 1. The third kappa shape index (κ3) is 1.97. The number of aromatic hydroxyl groups is 1. The van der Waals surface area contributed by atoms with Crippen molar-refractivity contribution >= 4 is 15.9 Å². The van der Waals surface area contributed by atoms with E-state index < -0.39 is 0 Å². The molecule has 1 aromatic carbocycles. The molecule has 1 N–H and O–H groups in total. The van der Waals surface area contributed by atoms with E-state index in [0.717, 1.165) is 10.0 Å². The molecule has 3 heteroatoms. The van der Waals surface area contributed by atoms with Crippen molar-refractivity contribution in [2.45, 2.75) is 19.8 Å². The highest BCUT2D eigenvalue weighted by molar-refractivity contribution is 9.10. The zero-order valence-electron chi connectivity index (χ0n) is 7.97. The molecular weight excluding hydrogens is 232 g/mol. The number of phenolic OH excluding ortho intramolecular Hbond substituents is 1. The molecule has 0 unspecified atom stereocenters. The molecule has 0 aliphatic carbocycles. The van der Waals surface area contributed by atoms with Crippen LogP contribution in [0.1, 0.15) is 25.3 Å². The van der Waals surface area contributed by atoms with E-state index in [1.54, 1.807) is 13.2 Å². The minimum Gasteiger partial charge on any atom is -0.504 e. The van der Waals surface area contributed by atoms with Crippen LogP contribution in [0.4, 0.5) is 0 Å². The van der Waals surface area contributed by atoms with Gasteiger partial charge < -0.3 is 9.84 Å². The van der Waals surface area contributed by atoms with Gasteiger partial charge in [-0.2, -0.15) is 0 Å². The summed E-state index contributed by atoms with van der Waals surface area (Å²) in [5.74, 6) is 1.02. The van der Waals surface area contributed by atoms with Crippen molar-refractivity contribution in [3.05, 3.63) is 22.2 Å². The summed E-state index contributed by atoms with van der Waals surface area (Å²) in [6, 6.07) is 3.62. The lowest BCUT2D eigenvalue weighted by Gasteiger charge is -2.13. The largest absolute Gasteiger partial charge is 0.504 e. The summed E-state index contributed by atoms with van der Waals surface area (Å²) in [6.45, 7) is 4.05. The lowest BCUT2D eigenvalue weighted by atomic mass is 10.0. The fraction of sp³-hybridized carbons (Fsp3) is 0.400. The Labute approximate surface area is 86.7 Å². The van der Waals surface area contributed by atoms with Crippen LogP contribution in [0.2, 0.25) is 0 Å². The zero-order chi connectivity index (χ0) is 10.0. The third-order valence-corrected chi connectivity index (χ3v) is 2.62. The van der Waals surface area contributed by atoms with Crippen LogP contribution in [-0.2, 0) is 0 Å². The first-order chi connectivity index (χ1) is 6.07. The molecule has 2 nitrogen and oxygen atoms in total. The van der Waals surface area contributed by atoms with E-state index in [2.05, 4.69) is 15.9 Å². The van der Waals surface area contributed by atoms with E-state index in [1.165, 1.54) is 0 Å². The molecule has 0 fully saturated rings. The summed E-state index contributed by atoms with van der Waals surface area (Å²) in [5, 5.41) is 9.79. The van der Waals surface area contributed by atoms with Gasteiger partial charge in [0.15, 0.2) is 11.5 Å². The first-order valence-corrected chi connectivity index (χ1v) is 4.92. The van der Waals surface area contributed by atoms with Crippen LogP contribution in [0.3, 0.4) is 0 Å². The number of benzene rings is 1. The van der Waals surface area contributed by atoms with E-state index >= 15 is 0 Å². The fourth-order valence-electron chi connectivity index (χ4n) is 1.28. The van der Waals surface area contributed by atoms with Gasteiger partial charge in [0.25, 0.3) is 0 Å². The Morgan fingerprint density at radius 3 is 2.46 bits per heavy atom. The average molecular weight is 245 g/mol. The molecular formula is C10H13BrO2. The molecule has 0 aliphatic heterocycles. The number of hydrogen-bond donors (Lipinski definition) is 1. The van der Waals surface area contributed by atoms with Crippen LogP contribution in [0.25, 0.3) is 0 Å². The molecule has 1 rings (SSSR count). The molecule has 0 spiro atoms. The van der Waals surface area contributed by atoms with Crippen molar-refractivity contribution in [2.75, 3.05) is 7.11 Å². The summed E-state index contributed by atoms with van der Waals surface area (Å²) in [7, 11) is 1.55. The molecule has 0 heterocycles. The first kappa shape index (κ1) is 10.4. The van der Waals surface area contributed by atoms with Crippen LogP contribution < -0.4 is 4.74 Å². The van der Waals surface area contributed by atoms with Gasteiger partial charge in [0.2, 0.25) is 0 Å². The monoisotopic (exact) mass is 244 g/mol. The summed E-state index contributed by atoms with van der Waals surface area (Å²) >= 11 is 3.40. The van der Waals surface area contributed by atoms with Crippen LogP contribution in [0.5, 0.6) is 11.5 Å². The smallest absolute Gasteiger partial charge is 0.162 e. The van der Waals surface area contributed by atoms with Crippen LogP contribution in [0, 0.1) is 0 Å². The number of rotatable bonds is 2. The van der Waals surface area contributed by atoms with Crippen molar-refractivity contribution in [1.82, 2.24) is 0 Å². The Balaban J connectivity index is 3.30. The van der Waals surface area contributed by atoms with E-state index in [0.29, 0.717) is 5.75 Å². The quantitative estimate of drug-likeness (QED) is 0.866. The first-order valence-electron chi connectivity index (χ1n) is 4.13. The second-order valence-electron chi connectivity index (χ2n) is 3.17. The van der Waals surface area contributed by atoms with Crippen molar-refractivity contribution in [3.63, 3.8) is 0 Å². The van der Waals surface area contributed by atoms with Crippen molar-refractivity contribution < 1.29 is 9.84 Å². The lowest BCUT2D eigenvalue weighted by molar-refractivity contribution is 0.369. The summed E-state index contributed by atoms with van der Waals surface area (Å²) in [4.78, 5) is 0. The van der Waals surface area contributed by atoms with Gasteiger partial charge in [0.05, 0.1) is 7.11 Å².